The van der Waals surface area contributed by atoms with Gasteiger partial charge in [0.1, 0.15) is 6.04 Å². The number of aliphatic carboxylic acids is 1. The fourth-order valence-electron chi connectivity index (χ4n) is 2.47. The Bertz CT molecular complexity index is 497. The number of β-amino-alcohol motifs (C(OH)–C–C–N with tert-alkyl or cyclic N) is 1. The predicted octanol–water partition coefficient (Wildman–Crippen LogP) is 0.974. The summed E-state index contributed by atoms with van der Waals surface area (Å²) in [5.41, 5.74) is 2.21. The molecule has 108 valence electrons. The first kappa shape index (κ1) is 14.5. The number of aliphatic hydroxyl groups excluding tert-OH is 1. The maximum atomic E-state index is 12.1. The molecule has 0 saturated carbocycles. The highest BCUT2D eigenvalue weighted by Crippen LogP contribution is 2.20. The number of carboxylic acids is 1. The Labute approximate surface area is 117 Å². The maximum Gasteiger partial charge on any atom is 0.326 e. The number of carbonyl (C=O) groups is 2. The van der Waals surface area contributed by atoms with Crippen LogP contribution in [-0.2, 0) is 16.0 Å². The van der Waals surface area contributed by atoms with Gasteiger partial charge in [0.15, 0.2) is 0 Å². The van der Waals surface area contributed by atoms with Gasteiger partial charge in [0.25, 0.3) is 0 Å². The molecule has 5 heteroatoms. The molecule has 1 amide bonds. The van der Waals surface area contributed by atoms with Crippen molar-refractivity contribution in [2.75, 3.05) is 6.54 Å². The van der Waals surface area contributed by atoms with Crippen molar-refractivity contribution >= 4 is 11.9 Å². The molecule has 0 aromatic heterocycles. The molecule has 2 N–H and O–H groups in total. The summed E-state index contributed by atoms with van der Waals surface area (Å²) >= 11 is 0. The molecule has 1 fully saturated rings. The van der Waals surface area contributed by atoms with Crippen LogP contribution in [0, 0.1) is 6.92 Å². The average molecular weight is 277 g/mol. The van der Waals surface area contributed by atoms with Crippen LogP contribution in [-0.4, -0.2) is 45.7 Å². The molecule has 1 aromatic carbocycles. The van der Waals surface area contributed by atoms with Crippen molar-refractivity contribution in [2.24, 2.45) is 0 Å². The molecule has 2 atom stereocenters. The largest absolute Gasteiger partial charge is 0.480 e. The number of nitrogens with zero attached hydrogens (tertiary/aromatic N) is 1. The van der Waals surface area contributed by atoms with Crippen LogP contribution in [0.15, 0.2) is 24.3 Å². The molecule has 2 rings (SSSR count). The highest BCUT2D eigenvalue weighted by atomic mass is 16.4. The molecule has 0 aliphatic carbocycles. The fraction of sp³-hybridized carbons (Fsp3) is 0.467. The van der Waals surface area contributed by atoms with Crippen LogP contribution in [0.1, 0.15) is 24.0 Å². The third kappa shape index (κ3) is 3.36. The van der Waals surface area contributed by atoms with Crippen molar-refractivity contribution < 1.29 is 19.8 Å². The predicted molar refractivity (Wildman–Crippen MR) is 73.3 cm³/mol. The minimum atomic E-state index is -1.05. The minimum Gasteiger partial charge on any atom is -0.480 e. The van der Waals surface area contributed by atoms with Crippen LogP contribution in [0.3, 0.4) is 0 Å². The molecule has 0 spiro atoms. The molecule has 0 unspecified atom stereocenters. The number of likely N-dealkylation sites (tertiary alicyclic amines) is 1. The monoisotopic (exact) mass is 277 g/mol. The van der Waals surface area contributed by atoms with Crippen molar-refractivity contribution in [3.8, 4) is 0 Å². The Morgan fingerprint density at radius 3 is 2.55 bits per heavy atom. The van der Waals surface area contributed by atoms with Crippen LogP contribution in [0.4, 0.5) is 0 Å². The van der Waals surface area contributed by atoms with E-state index in [9.17, 15) is 14.7 Å². The highest BCUT2D eigenvalue weighted by Gasteiger charge is 2.38. The maximum absolute atomic E-state index is 12.1. The summed E-state index contributed by atoms with van der Waals surface area (Å²) in [4.78, 5) is 24.4. The van der Waals surface area contributed by atoms with E-state index in [1.807, 2.05) is 31.2 Å². The second-order valence-corrected chi connectivity index (χ2v) is 5.28. The normalized spacial score (nSPS) is 22.0. The number of hydrogen-bond acceptors (Lipinski definition) is 3. The molecule has 1 aliphatic heterocycles. The summed E-state index contributed by atoms with van der Waals surface area (Å²) in [6.45, 7) is 2.11. The van der Waals surface area contributed by atoms with Crippen molar-refractivity contribution in [1.82, 2.24) is 4.90 Å². The van der Waals surface area contributed by atoms with Gasteiger partial charge in [0, 0.05) is 19.4 Å². The highest BCUT2D eigenvalue weighted by molar-refractivity contribution is 5.84. The SMILES string of the molecule is Cc1ccc(CCC(=O)N2C[C@@H](O)C[C@H]2C(=O)O)cc1. The van der Waals surface area contributed by atoms with Gasteiger partial charge in [-0.25, -0.2) is 4.79 Å². The number of carbonyl (C=O) groups excluding carboxylic acids is 1. The number of amides is 1. The Morgan fingerprint density at radius 1 is 1.30 bits per heavy atom. The zero-order valence-corrected chi connectivity index (χ0v) is 11.5. The van der Waals surface area contributed by atoms with E-state index in [0.29, 0.717) is 6.42 Å². The molecule has 0 radical (unpaired) electrons. The first-order valence-corrected chi connectivity index (χ1v) is 6.73. The van der Waals surface area contributed by atoms with Gasteiger partial charge in [0.05, 0.1) is 6.10 Å². The zero-order valence-electron chi connectivity index (χ0n) is 11.5. The molecule has 1 aromatic rings. The van der Waals surface area contributed by atoms with Crippen LogP contribution >= 0.6 is 0 Å². The Balaban J connectivity index is 1.94. The van der Waals surface area contributed by atoms with Crippen molar-refractivity contribution in [3.63, 3.8) is 0 Å². The summed E-state index contributed by atoms with van der Waals surface area (Å²) in [5, 5.41) is 18.6. The van der Waals surface area contributed by atoms with E-state index < -0.39 is 18.1 Å². The first-order valence-electron chi connectivity index (χ1n) is 6.73. The van der Waals surface area contributed by atoms with E-state index in [2.05, 4.69) is 0 Å². The van der Waals surface area contributed by atoms with Crippen molar-refractivity contribution in [3.05, 3.63) is 35.4 Å². The topological polar surface area (TPSA) is 77.8 Å². The number of carboxylic acid groups (broad SMARTS) is 1. The Kier molecular flexibility index (Phi) is 4.39. The molecular formula is C15H19NO4. The van der Waals surface area contributed by atoms with Crippen LogP contribution < -0.4 is 0 Å². The second-order valence-electron chi connectivity index (χ2n) is 5.28. The summed E-state index contributed by atoms with van der Waals surface area (Å²) in [6, 6.07) is 7.01. The Morgan fingerprint density at radius 2 is 1.95 bits per heavy atom. The van der Waals surface area contributed by atoms with E-state index in [1.54, 1.807) is 0 Å². The standard InChI is InChI=1S/C15H19NO4/c1-10-2-4-11(5-3-10)6-7-14(18)16-9-12(17)8-13(16)15(19)20/h2-5,12-13,17H,6-9H2,1H3,(H,19,20)/t12-,13-/m0/s1. The lowest BCUT2D eigenvalue weighted by Crippen LogP contribution is -2.40. The van der Waals surface area contributed by atoms with Gasteiger partial charge in [-0.05, 0) is 18.9 Å². The number of benzene rings is 1. The lowest BCUT2D eigenvalue weighted by atomic mass is 10.1. The fourth-order valence-corrected chi connectivity index (χ4v) is 2.47. The third-order valence-corrected chi connectivity index (χ3v) is 3.63. The average Bonchev–Trinajstić information content (AvgIpc) is 2.80. The molecule has 20 heavy (non-hydrogen) atoms. The van der Waals surface area contributed by atoms with Crippen LogP contribution in [0.2, 0.25) is 0 Å². The van der Waals surface area contributed by atoms with Crippen LogP contribution in [0.25, 0.3) is 0 Å². The lowest BCUT2D eigenvalue weighted by molar-refractivity contribution is -0.148. The van der Waals surface area contributed by atoms with Gasteiger partial charge >= 0.3 is 5.97 Å². The number of aliphatic hydroxyl groups is 1. The van der Waals surface area contributed by atoms with Gasteiger partial charge in [-0.15, -0.1) is 0 Å². The molecule has 1 aliphatic rings. The number of aryl methyl sites for hydroxylation is 2. The van der Waals surface area contributed by atoms with Crippen molar-refractivity contribution in [2.45, 2.75) is 38.3 Å². The van der Waals surface area contributed by atoms with Gasteiger partial charge in [-0.3, -0.25) is 4.79 Å². The van der Waals surface area contributed by atoms with E-state index >= 15 is 0 Å². The van der Waals surface area contributed by atoms with Gasteiger partial charge in [-0.2, -0.15) is 0 Å². The summed E-state index contributed by atoms with van der Waals surface area (Å²) < 4.78 is 0. The molecule has 1 heterocycles. The minimum absolute atomic E-state index is 0.115. The lowest BCUT2D eigenvalue weighted by Gasteiger charge is -2.21. The summed E-state index contributed by atoms with van der Waals surface area (Å²) in [7, 11) is 0. The molecule has 1 saturated heterocycles. The summed E-state index contributed by atoms with van der Waals surface area (Å²) in [6.07, 6.45) is 0.225. The zero-order chi connectivity index (χ0) is 14.7. The van der Waals surface area contributed by atoms with Crippen LogP contribution in [0.5, 0.6) is 0 Å². The Hall–Kier alpha value is -1.88. The number of hydrogen-bond donors (Lipinski definition) is 2. The van der Waals surface area contributed by atoms with E-state index in [-0.39, 0.29) is 25.3 Å². The summed E-state index contributed by atoms with van der Waals surface area (Å²) in [5.74, 6) is -1.26. The molecule has 5 nitrogen and oxygen atoms in total. The first-order chi connectivity index (χ1) is 9.47. The second kappa shape index (κ2) is 6.05. The van der Waals surface area contributed by atoms with E-state index in [4.69, 9.17) is 5.11 Å². The molecule has 0 bridgehead atoms. The van der Waals surface area contributed by atoms with Gasteiger partial charge in [-0.1, -0.05) is 29.8 Å². The third-order valence-electron chi connectivity index (χ3n) is 3.63. The van der Waals surface area contributed by atoms with E-state index in [1.165, 1.54) is 4.90 Å². The number of rotatable bonds is 4. The van der Waals surface area contributed by atoms with Gasteiger partial charge in [0.2, 0.25) is 5.91 Å². The molecular weight excluding hydrogens is 258 g/mol. The van der Waals surface area contributed by atoms with Crippen molar-refractivity contribution in [1.29, 1.82) is 0 Å². The quantitative estimate of drug-likeness (QED) is 0.859. The smallest absolute Gasteiger partial charge is 0.326 e. The van der Waals surface area contributed by atoms with E-state index in [0.717, 1.165) is 11.1 Å². The van der Waals surface area contributed by atoms with Gasteiger partial charge < -0.3 is 15.1 Å².